The Morgan fingerprint density at radius 2 is 0.692 bits per heavy atom. The number of hydrogen-bond acceptors (Lipinski definition) is 14. The van der Waals surface area contributed by atoms with E-state index >= 15 is 0 Å². The van der Waals surface area contributed by atoms with E-state index < -0.39 is 86.1 Å². The third-order valence-corrected chi connectivity index (χ3v) is 30.9. The summed E-state index contributed by atoms with van der Waals surface area (Å²) in [4.78, 5) is 23.0. The minimum Gasteiger partial charge on any atom is -0.496 e. The number of nitrogens with zero attached hydrogens (tertiary/aromatic N) is 5. The predicted molar refractivity (Wildman–Crippen MR) is 497 cm³/mol. The van der Waals surface area contributed by atoms with Gasteiger partial charge in [-0.2, -0.15) is 22.0 Å². The number of unbranched alkanes of at least 4 members (excludes halogenated alkanes) is 1. The molecular formula is C110H125F8N5O10. The van der Waals surface area contributed by atoms with Crippen LogP contribution in [-0.2, 0) is 60.4 Å². The van der Waals surface area contributed by atoms with E-state index in [1.54, 1.807) is 26.4 Å². The quantitative estimate of drug-likeness (QED) is 0.0278. The molecule has 0 amide bonds. The normalized spacial score (nSPS) is 28.3. The van der Waals surface area contributed by atoms with Crippen LogP contribution in [0.25, 0.3) is 0 Å². The minimum atomic E-state index is -4.59. The topological polar surface area (TPSA) is 182 Å². The van der Waals surface area contributed by atoms with Crippen LogP contribution in [0.15, 0.2) is 237 Å². The smallest absolute Gasteiger partial charge is 0.416 e. The number of carbonyl (C=O) groups is 1. The van der Waals surface area contributed by atoms with E-state index in [4.69, 9.17) is 9.47 Å². The lowest BCUT2D eigenvalue weighted by Gasteiger charge is -2.48. The largest absolute Gasteiger partial charge is 0.496 e. The highest BCUT2D eigenvalue weighted by Gasteiger charge is 2.55. The maximum atomic E-state index is 14.4. The Hall–Kier alpha value is -9.89. The highest BCUT2D eigenvalue weighted by molar-refractivity contribution is 5.89. The van der Waals surface area contributed by atoms with Crippen molar-refractivity contribution >= 4 is 5.97 Å². The summed E-state index contributed by atoms with van der Waals surface area (Å²) in [5.41, 5.74) is 4.03. The van der Waals surface area contributed by atoms with E-state index in [0.717, 1.165) is 159 Å². The van der Waals surface area contributed by atoms with Crippen molar-refractivity contribution in [3.63, 3.8) is 0 Å². The zero-order chi connectivity index (χ0) is 93.7. The molecule has 11 unspecified atom stereocenters. The van der Waals surface area contributed by atoms with Gasteiger partial charge in [0.05, 0.1) is 66.0 Å². The monoisotopic (exact) mass is 1830 g/mol. The molecule has 11 atom stereocenters. The standard InChI is InChI=1S/C25H33NO.C22H27NO3.C21H21F4NO2.C21H21F4NO.C21H23NO3/c1-3-4-14-24(23-13-9-8-10-19(23)2)26-21-15-16-22(26)18-25(27,17-21)20-11-6-5-7-12-20;1-25-20-9-6-10-21(26-2)19(20)15-23-17-11-12-18(23)14-22(24,13-17)16-7-4-3-5-8-16;1-28-20-18(24)16(22)15(17(23)19(20)25)11-26-13-7-8-14(26)10-21(27,9-13)12-5-3-2-4-6-12;22-19-8-4-7-18(21(23,24)25)17(19)13-26-15-9-10-16(26)12-20(27,11-15)14-5-2-1-3-6-14;23-20(24)19-9-5-4-6-15(19)14-22-17-10-11-18(22)13-21(25,12-17)16-7-2-1-3-8-16/h5-13,21-22,24,27H,3-4,14-18H2,1-2H3;3-10,17-18,24H,11-15H2,1-2H3;2-6,13-14,27H,7-11H2,1H3;1-8,15-16,27H,9-13H2;1-9,17-18,25H,10-14H2,(H,23,24). The first-order chi connectivity index (χ1) is 64.0. The van der Waals surface area contributed by atoms with Crippen LogP contribution in [0, 0.1) is 36.0 Å². The molecule has 10 aliphatic rings. The lowest BCUT2D eigenvalue weighted by atomic mass is 9.79. The van der Waals surface area contributed by atoms with E-state index in [0.29, 0.717) is 92.9 Å². The van der Waals surface area contributed by atoms with Gasteiger partial charge in [-0.05, 0) is 217 Å². The number of fused-ring (bicyclic) bond motifs is 10. The number of rotatable bonds is 22. The summed E-state index contributed by atoms with van der Waals surface area (Å²) in [6.45, 7) is 5.64. The summed E-state index contributed by atoms with van der Waals surface area (Å²) >= 11 is 0. The zero-order valence-electron chi connectivity index (χ0n) is 76.5. The van der Waals surface area contributed by atoms with Crippen LogP contribution in [0.2, 0.25) is 0 Å². The second kappa shape index (κ2) is 41.0. The highest BCUT2D eigenvalue weighted by Crippen LogP contribution is 2.55. The van der Waals surface area contributed by atoms with Crippen molar-refractivity contribution in [2.45, 2.75) is 288 Å². The van der Waals surface area contributed by atoms with Crippen molar-refractivity contribution < 1.29 is 84.8 Å². The number of benzene rings is 10. The molecule has 10 bridgehead atoms. The van der Waals surface area contributed by atoms with Crippen LogP contribution < -0.4 is 14.2 Å². The third-order valence-electron chi connectivity index (χ3n) is 30.9. The van der Waals surface area contributed by atoms with Gasteiger partial charge < -0.3 is 44.8 Å². The van der Waals surface area contributed by atoms with Crippen LogP contribution >= 0.6 is 0 Å². The van der Waals surface area contributed by atoms with Crippen LogP contribution in [0.3, 0.4) is 0 Å². The highest BCUT2D eigenvalue weighted by atomic mass is 19.4. The Labute approximate surface area is 776 Å². The van der Waals surface area contributed by atoms with Crippen molar-refractivity contribution in [1.82, 2.24) is 24.5 Å². The molecule has 15 nitrogen and oxygen atoms in total. The van der Waals surface area contributed by atoms with Crippen LogP contribution in [-0.4, -0.2) is 143 Å². The van der Waals surface area contributed by atoms with Gasteiger partial charge in [0.2, 0.25) is 11.6 Å². The zero-order valence-corrected chi connectivity index (χ0v) is 76.5. The molecule has 10 aromatic rings. The van der Waals surface area contributed by atoms with Gasteiger partial charge in [0.1, 0.15) is 17.3 Å². The molecule has 10 aromatic carbocycles. The number of methoxy groups -OCH3 is 3. The molecule has 0 aliphatic carbocycles. The molecule has 10 aliphatic heterocycles. The fraction of sp³-hybridized carbons (Fsp3) is 0.445. The first-order valence-corrected chi connectivity index (χ1v) is 47.5. The van der Waals surface area contributed by atoms with E-state index in [1.807, 2.05) is 155 Å². The Morgan fingerprint density at radius 3 is 1.04 bits per heavy atom. The van der Waals surface area contributed by atoms with Gasteiger partial charge in [-0.1, -0.05) is 226 Å². The first-order valence-electron chi connectivity index (χ1n) is 47.5. The summed E-state index contributed by atoms with van der Waals surface area (Å²) < 4.78 is 127. The summed E-state index contributed by atoms with van der Waals surface area (Å²) in [5, 5.41) is 65.8. The fourth-order valence-electron chi connectivity index (χ4n) is 24.5. The predicted octanol–water partition coefficient (Wildman–Crippen LogP) is 22.0. The molecule has 0 saturated carbocycles. The Balaban J connectivity index is 0.000000121. The Bertz CT molecular complexity index is 5470. The number of carboxylic acid groups (broad SMARTS) is 1. The number of hydrogen-bond donors (Lipinski definition) is 6. The Morgan fingerprint density at radius 1 is 0.376 bits per heavy atom. The van der Waals surface area contributed by atoms with Gasteiger partial charge in [-0.3, -0.25) is 24.5 Å². The molecule has 0 radical (unpaired) electrons. The SMILES string of the molecule is CCCCC(c1ccccc1C)N1C2CCC1CC(O)(c1ccccc1)C2.COc1c(F)c(F)c(CN2C3CCC2CC(O)(c2ccccc2)C3)c(F)c1F.COc1cccc(OC)c1CN1C2CCC1CC(O)(c1ccccc1)C2.O=C(O)c1ccccc1CN1C2CCC1CC(O)(c1ccccc1)C2.OC1(c2ccccc2)CC2CCC(C1)N2Cc1c(F)cccc1C(F)(F)F. The van der Waals surface area contributed by atoms with Crippen molar-refractivity contribution in [2.24, 2.45) is 0 Å². The lowest BCUT2D eigenvalue weighted by Crippen LogP contribution is -2.51. The molecule has 0 aromatic heterocycles. The van der Waals surface area contributed by atoms with Gasteiger partial charge in [-0.15, -0.1) is 0 Å². The molecule has 20 rings (SSSR count). The summed E-state index contributed by atoms with van der Waals surface area (Å²) in [5.74, 6) is -6.94. The number of ether oxygens (including phenoxy) is 3. The fourth-order valence-corrected chi connectivity index (χ4v) is 24.5. The average molecular weight is 1830 g/mol. The van der Waals surface area contributed by atoms with E-state index in [2.05, 4.69) is 93.9 Å². The minimum absolute atomic E-state index is 0.0605. The van der Waals surface area contributed by atoms with Crippen molar-refractivity contribution in [3.05, 3.63) is 338 Å². The van der Waals surface area contributed by atoms with Crippen LogP contribution in [0.4, 0.5) is 35.1 Å². The molecule has 6 N–H and O–H groups in total. The second-order valence-electron chi connectivity index (χ2n) is 38.7. The van der Waals surface area contributed by atoms with E-state index in [9.17, 15) is 70.6 Å². The van der Waals surface area contributed by atoms with Gasteiger partial charge >= 0.3 is 12.1 Å². The van der Waals surface area contributed by atoms with Crippen LogP contribution in [0.5, 0.6) is 17.2 Å². The number of aromatic carboxylic acids is 1. The molecule has 23 heteroatoms. The van der Waals surface area contributed by atoms with Crippen LogP contribution in [0.1, 0.15) is 238 Å². The van der Waals surface area contributed by atoms with E-state index in [1.165, 1.54) is 43.2 Å². The molecular weight excluding hydrogens is 1700 g/mol. The van der Waals surface area contributed by atoms with Crippen molar-refractivity contribution in [3.8, 4) is 17.2 Å². The summed E-state index contributed by atoms with van der Waals surface area (Å²) in [7, 11) is 4.36. The number of carboxylic acids is 1. The van der Waals surface area contributed by atoms with Gasteiger partial charge in [0, 0.05) is 104 Å². The van der Waals surface area contributed by atoms with Gasteiger partial charge in [0.25, 0.3) is 0 Å². The lowest BCUT2D eigenvalue weighted by molar-refractivity contribution is -0.139. The number of aryl methyl sites for hydroxylation is 1. The van der Waals surface area contributed by atoms with Gasteiger partial charge in [-0.25, -0.2) is 18.0 Å². The van der Waals surface area contributed by atoms with Gasteiger partial charge in [0.15, 0.2) is 17.4 Å². The van der Waals surface area contributed by atoms with Crippen molar-refractivity contribution in [1.29, 1.82) is 0 Å². The summed E-state index contributed by atoms with van der Waals surface area (Å²) in [6.07, 6.45) is 15.5. The molecule has 133 heavy (non-hydrogen) atoms. The number of aliphatic hydroxyl groups is 5. The molecule has 10 heterocycles. The first kappa shape index (κ1) is 96.2. The molecule has 10 saturated heterocycles. The number of alkyl halides is 3. The number of halogens is 8. The number of piperidine rings is 5. The molecule has 0 spiro atoms. The third kappa shape index (κ3) is 20.5. The molecule has 10 fully saturated rings. The Kier molecular flexibility index (Phi) is 29.6. The average Bonchev–Trinajstić information content (AvgIpc) is 1.67. The summed E-state index contributed by atoms with van der Waals surface area (Å²) in [6, 6.07) is 76.8. The molecule has 706 valence electrons. The maximum Gasteiger partial charge on any atom is 0.416 e. The second-order valence-corrected chi connectivity index (χ2v) is 38.7. The van der Waals surface area contributed by atoms with E-state index in [-0.39, 0.29) is 42.8 Å². The van der Waals surface area contributed by atoms with Crippen molar-refractivity contribution in [2.75, 3.05) is 21.3 Å². The maximum absolute atomic E-state index is 14.4.